The second-order valence-corrected chi connectivity index (χ2v) is 4.45. The first-order valence-corrected chi connectivity index (χ1v) is 6.32. The molecule has 1 saturated heterocycles. The van der Waals surface area contributed by atoms with E-state index < -0.39 is 0 Å². The van der Waals surface area contributed by atoms with Crippen molar-refractivity contribution in [2.75, 3.05) is 20.2 Å². The minimum Gasteiger partial charge on any atom is -0.481 e. The van der Waals surface area contributed by atoms with E-state index >= 15 is 0 Å². The molecule has 4 nitrogen and oxygen atoms in total. The van der Waals surface area contributed by atoms with E-state index in [1.165, 1.54) is 19.3 Å². The molecule has 0 amide bonds. The first kappa shape index (κ1) is 12.3. The number of methoxy groups -OCH3 is 1. The van der Waals surface area contributed by atoms with Crippen molar-refractivity contribution in [2.45, 2.75) is 31.8 Å². The summed E-state index contributed by atoms with van der Waals surface area (Å²) in [6.45, 7) is 2.98. The lowest BCUT2D eigenvalue weighted by molar-refractivity contribution is 0.374. The highest BCUT2D eigenvalue weighted by molar-refractivity contribution is 5.24. The van der Waals surface area contributed by atoms with Crippen LogP contribution in [0.4, 0.5) is 0 Å². The maximum absolute atomic E-state index is 5.22. The first-order valence-electron chi connectivity index (χ1n) is 6.32. The molecule has 2 rings (SSSR count). The molecule has 2 N–H and O–H groups in total. The highest BCUT2D eigenvalue weighted by Gasteiger charge is 2.11. The lowest BCUT2D eigenvalue weighted by Crippen LogP contribution is -2.41. The van der Waals surface area contributed by atoms with Gasteiger partial charge >= 0.3 is 0 Å². The van der Waals surface area contributed by atoms with E-state index in [-0.39, 0.29) is 0 Å². The van der Waals surface area contributed by atoms with E-state index in [1.807, 2.05) is 12.1 Å². The van der Waals surface area contributed by atoms with Gasteiger partial charge in [0.2, 0.25) is 5.88 Å². The number of hydrogen-bond donors (Lipinski definition) is 2. The molecule has 94 valence electrons. The SMILES string of the molecule is COc1ncccc1CNCC1CCCCN1. The summed E-state index contributed by atoms with van der Waals surface area (Å²) in [4.78, 5) is 4.18. The fourth-order valence-corrected chi connectivity index (χ4v) is 2.22. The van der Waals surface area contributed by atoms with Gasteiger partial charge in [-0.05, 0) is 25.5 Å². The zero-order valence-corrected chi connectivity index (χ0v) is 10.4. The van der Waals surface area contributed by atoms with Crippen LogP contribution in [0.5, 0.6) is 5.88 Å². The Balaban J connectivity index is 1.77. The molecular weight excluding hydrogens is 214 g/mol. The Morgan fingerprint density at radius 2 is 2.47 bits per heavy atom. The molecule has 1 unspecified atom stereocenters. The Bertz CT molecular complexity index is 337. The van der Waals surface area contributed by atoms with E-state index in [4.69, 9.17) is 4.74 Å². The van der Waals surface area contributed by atoms with Gasteiger partial charge in [-0.1, -0.05) is 12.5 Å². The van der Waals surface area contributed by atoms with Gasteiger partial charge in [0, 0.05) is 30.9 Å². The van der Waals surface area contributed by atoms with Gasteiger partial charge in [-0.15, -0.1) is 0 Å². The Morgan fingerprint density at radius 1 is 1.53 bits per heavy atom. The standard InChI is InChI=1S/C13H21N3O/c1-17-13-11(5-4-8-16-13)9-14-10-12-6-2-3-7-15-12/h4-5,8,12,14-15H,2-3,6-7,9-10H2,1H3. The summed E-state index contributed by atoms with van der Waals surface area (Å²) in [6.07, 6.45) is 5.69. The van der Waals surface area contributed by atoms with Crippen LogP contribution in [-0.2, 0) is 6.54 Å². The van der Waals surface area contributed by atoms with Gasteiger partial charge < -0.3 is 15.4 Å². The molecule has 2 heterocycles. The average Bonchev–Trinajstić information content (AvgIpc) is 2.40. The molecule has 1 aliphatic heterocycles. The van der Waals surface area contributed by atoms with Crippen LogP contribution in [0.2, 0.25) is 0 Å². The van der Waals surface area contributed by atoms with E-state index in [0.29, 0.717) is 6.04 Å². The van der Waals surface area contributed by atoms with Gasteiger partial charge in [-0.3, -0.25) is 0 Å². The number of nitrogens with one attached hydrogen (secondary N) is 2. The molecule has 4 heteroatoms. The fraction of sp³-hybridized carbons (Fsp3) is 0.615. The molecule has 0 radical (unpaired) electrons. The molecule has 1 aromatic heterocycles. The minimum absolute atomic E-state index is 0.617. The number of aromatic nitrogens is 1. The molecule has 0 saturated carbocycles. The maximum Gasteiger partial charge on any atom is 0.217 e. The molecule has 1 fully saturated rings. The Morgan fingerprint density at radius 3 is 3.24 bits per heavy atom. The summed E-state index contributed by atoms with van der Waals surface area (Å²) in [5.41, 5.74) is 1.12. The average molecular weight is 235 g/mol. The Labute approximate surface area is 103 Å². The highest BCUT2D eigenvalue weighted by Crippen LogP contribution is 2.13. The third-order valence-electron chi connectivity index (χ3n) is 3.16. The summed E-state index contributed by atoms with van der Waals surface area (Å²) in [5.74, 6) is 0.719. The largest absolute Gasteiger partial charge is 0.481 e. The molecule has 0 aliphatic carbocycles. The van der Waals surface area contributed by atoms with E-state index in [1.54, 1.807) is 13.3 Å². The van der Waals surface area contributed by atoms with Crippen molar-refractivity contribution in [3.05, 3.63) is 23.9 Å². The molecule has 1 atom stereocenters. The third-order valence-corrected chi connectivity index (χ3v) is 3.16. The number of hydrogen-bond acceptors (Lipinski definition) is 4. The van der Waals surface area contributed by atoms with Crippen LogP contribution in [0.15, 0.2) is 18.3 Å². The van der Waals surface area contributed by atoms with E-state index in [9.17, 15) is 0 Å². The van der Waals surface area contributed by atoms with Gasteiger partial charge in [-0.2, -0.15) is 0 Å². The Hall–Kier alpha value is -1.13. The third kappa shape index (κ3) is 3.68. The van der Waals surface area contributed by atoms with Crippen LogP contribution >= 0.6 is 0 Å². The van der Waals surface area contributed by atoms with Crippen LogP contribution in [0.3, 0.4) is 0 Å². The van der Waals surface area contributed by atoms with Gasteiger partial charge in [0.15, 0.2) is 0 Å². The van der Waals surface area contributed by atoms with Crippen molar-refractivity contribution in [1.29, 1.82) is 0 Å². The number of pyridine rings is 1. The second kappa shape index (κ2) is 6.57. The van der Waals surface area contributed by atoms with Crippen molar-refractivity contribution in [3.8, 4) is 5.88 Å². The molecule has 0 aromatic carbocycles. The summed E-state index contributed by atoms with van der Waals surface area (Å²) in [6, 6.07) is 4.61. The zero-order chi connectivity index (χ0) is 11.9. The van der Waals surface area contributed by atoms with Crippen LogP contribution < -0.4 is 15.4 Å². The van der Waals surface area contributed by atoms with Gasteiger partial charge in [0.25, 0.3) is 0 Å². The lowest BCUT2D eigenvalue weighted by atomic mass is 10.1. The van der Waals surface area contributed by atoms with Crippen molar-refractivity contribution < 1.29 is 4.74 Å². The molecule has 17 heavy (non-hydrogen) atoms. The smallest absolute Gasteiger partial charge is 0.217 e. The predicted molar refractivity (Wildman–Crippen MR) is 68.1 cm³/mol. The normalized spacial score (nSPS) is 20.2. The summed E-state index contributed by atoms with van der Waals surface area (Å²) in [7, 11) is 1.66. The van der Waals surface area contributed by atoms with Crippen LogP contribution in [-0.4, -0.2) is 31.2 Å². The lowest BCUT2D eigenvalue weighted by Gasteiger charge is -2.23. The molecular formula is C13H21N3O. The predicted octanol–water partition coefficient (Wildman–Crippen LogP) is 1.32. The molecule has 0 spiro atoms. The fourth-order valence-electron chi connectivity index (χ4n) is 2.22. The minimum atomic E-state index is 0.617. The number of piperidine rings is 1. The van der Waals surface area contributed by atoms with Crippen LogP contribution in [0.25, 0.3) is 0 Å². The van der Waals surface area contributed by atoms with Gasteiger partial charge in [0.05, 0.1) is 7.11 Å². The summed E-state index contributed by atoms with van der Waals surface area (Å²) < 4.78 is 5.22. The highest BCUT2D eigenvalue weighted by atomic mass is 16.5. The number of nitrogens with zero attached hydrogens (tertiary/aromatic N) is 1. The van der Waals surface area contributed by atoms with Gasteiger partial charge in [0.1, 0.15) is 0 Å². The quantitative estimate of drug-likeness (QED) is 0.808. The Kier molecular flexibility index (Phi) is 4.76. The summed E-state index contributed by atoms with van der Waals surface area (Å²) in [5, 5.41) is 6.99. The zero-order valence-electron chi connectivity index (χ0n) is 10.4. The van der Waals surface area contributed by atoms with Crippen LogP contribution in [0.1, 0.15) is 24.8 Å². The van der Waals surface area contributed by atoms with Crippen LogP contribution in [0, 0.1) is 0 Å². The van der Waals surface area contributed by atoms with Gasteiger partial charge in [-0.25, -0.2) is 4.98 Å². The van der Waals surface area contributed by atoms with Crippen molar-refractivity contribution in [2.24, 2.45) is 0 Å². The summed E-state index contributed by atoms with van der Waals surface area (Å²) >= 11 is 0. The molecule has 1 aromatic rings. The first-order chi connectivity index (χ1) is 8.40. The maximum atomic E-state index is 5.22. The molecule has 0 bridgehead atoms. The number of rotatable bonds is 5. The monoisotopic (exact) mass is 235 g/mol. The molecule has 1 aliphatic rings. The van der Waals surface area contributed by atoms with Crippen molar-refractivity contribution >= 4 is 0 Å². The van der Waals surface area contributed by atoms with E-state index in [0.717, 1.165) is 31.1 Å². The second-order valence-electron chi connectivity index (χ2n) is 4.45. The van der Waals surface area contributed by atoms with Crippen molar-refractivity contribution in [1.82, 2.24) is 15.6 Å². The van der Waals surface area contributed by atoms with E-state index in [2.05, 4.69) is 15.6 Å². The number of ether oxygens (including phenoxy) is 1. The topological polar surface area (TPSA) is 46.2 Å². The van der Waals surface area contributed by atoms with Crippen molar-refractivity contribution in [3.63, 3.8) is 0 Å².